The van der Waals surface area contributed by atoms with Crippen molar-refractivity contribution in [3.63, 3.8) is 0 Å². The Bertz CT molecular complexity index is 1480. The minimum atomic E-state index is -0.702. The SMILES string of the molecule is Cc1cc(C)c(CN2CCc3cc4c(c(C)c3C2=O)OC(C)(C2CCC(N(C)C)CC2)O4)c(OCc2ccccc2)n1. The Labute approximate surface area is 249 Å². The van der Waals surface area contributed by atoms with Gasteiger partial charge >= 0.3 is 0 Å². The van der Waals surface area contributed by atoms with E-state index in [9.17, 15) is 4.79 Å². The molecule has 0 spiro atoms. The van der Waals surface area contributed by atoms with E-state index in [1.165, 1.54) is 0 Å². The number of aryl methyl sites for hydroxylation is 2. The van der Waals surface area contributed by atoms with Crippen LogP contribution in [0.2, 0.25) is 0 Å². The fourth-order valence-electron chi connectivity index (χ4n) is 6.98. The first kappa shape index (κ1) is 28.5. The molecule has 0 radical (unpaired) electrons. The topological polar surface area (TPSA) is 64.1 Å². The molecule has 7 heteroatoms. The third-order valence-electron chi connectivity index (χ3n) is 9.51. The van der Waals surface area contributed by atoms with Gasteiger partial charge in [-0.2, -0.15) is 0 Å². The highest BCUT2D eigenvalue weighted by atomic mass is 16.7. The number of amides is 1. The van der Waals surface area contributed by atoms with Gasteiger partial charge in [0.1, 0.15) is 6.61 Å². The second-order valence-corrected chi connectivity index (χ2v) is 12.7. The van der Waals surface area contributed by atoms with Gasteiger partial charge in [0.2, 0.25) is 5.88 Å². The Morgan fingerprint density at radius 3 is 2.50 bits per heavy atom. The van der Waals surface area contributed by atoms with Crippen LogP contribution in [-0.2, 0) is 19.6 Å². The zero-order valence-electron chi connectivity index (χ0n) is 25.8. The van der Waals surface area contributed by atoms with Crippen molar-refractivity contribution in [2.24, 2.45) is 5.92 Å². The van der Waals surface area contributed by atoms with E-state index in [4.69, 9.17) is 19.2 Å². The highest BCUT2D eigenvalue weighted by molar-refractivity contribution is 5.99. The maximum atomic E-state index is 14.0. The molecule has 3 aliphatic rings. The zero-order chi connectivity index (χ0) is 29.6. The lowest BCUT2D eigenvalue weighted by Crippen LogP contribution is -2.46. The van der Waals surface area contributed by atoms with Gasteiger partial charge in [0, 0.05) is 47.8 Å². The van der Waals surface area contributed by atoms with Gasteiger partial charge in [-0.3, -0.25) is 4.79 Å². The van der Waals surface area contributed by atoms with E-state index in [1.807, 2.05) is 49.1 Å². The number of rotatable bonds is 7. The van der Waals surface area contributed by atoms with Gasteiger partial charge in [-0.05, 0) is 95.8 Å². The van der Waals surface area contributed by atoms with Crippen LogP contribution in [0.3, 0.4) is 0 Å². The molecule has 42 heavy (non-hydrogen) atoms. The third-order valence-corrected chi connectivity index (χ3v) is 9.51. The maximum Gasteiger partial charge on any atom is 0.254 e. The average molecular weight is 570 g/mol. The second-order valence-electron chi connectivity index (χ2n) is 12.7. The van der Waals surface area contributed by atoms with Gasteiger partial charge < -0.3 is 24.0 Å². The van der Waals surface area contributed by atoms with E-state index >= 15 is 0 Å². The number of hydrogen-bond donors (Lipinski definition) is 0. The van der Waals surface area contributed by atoms with Crippen LogP contribution < -0.4 is 14.2 Å². The molecule has 1 unspecified atom stereocenters. The smallest absolute Gasteiger partial charge is 0.254 e. The van der Waals surface area contributed by atoms with Crippen molar-refractivity contribution < 1.29 is 19.0 Å². The van der Waals surface area contributed by atoms with E-state index in [2.05, 4.69) is 45.0 Å². The molecule has 1 aromatic heterocycles. The molecule has 0 bridgehead atoms. The van der Waals surface area contributed by atoms with E-state index in [0.29, 0.717) is 37.5 Å². The minimum absolute atomic E-state index is 0.0224. The van der Waals surface area contributed by atoms with Crippen LogP contribution in [0.25, 0.3) is 0 Å². The van der Waals surface area contributed by atoms with Crippen LogP contribution in [0, 0.1) is 26.7 Å². The van der Waals surface area contributed by atoms with E-state index in [0.717, 1.165) is 82.7 Å². The van der Waals surface area contributed by atoms with Gasteiger partial charge in [0.25, 0.3) is 11.7 Å². The van der Waals surface area contributed by atoms with Gasteiger partial charge in [0.15, 0.2) is 11.5 Å². The molecule has 0 N–H and O–H groups in total. The summed E-state index contributed by atoms with van der Waals surface area (Å²) in [6, 6.07) is 14.8. The number of fused-ring (bicyclic) bond motifs is 2. The molecule has 3 heterocycles. The molecule has 1 fully saturated rings. The van der Waals surface area contributed by atoms with E-state index in [-0.39, 0.29) is 5.91 Å². The summed E-state index contributed by atoms with van der Waals surface area (Å²) < 4.78 is 19.4. The molecular formula is C35H43N3O4. The van der Waals surface area contributed by atoms with E-state index < -0.39 is 5.79 Å². The quantitative estimate of drug-likeness (QED) is 0.329. The third kappa shape index (κ3) is 5.35. The van der Waals surface area contributed by atoms with Gasteiger partial charge in [0.05, 0.1) is 6.54 Å². The highest BCUT2D eigenvalue weighted by Gasteiger charge is 2.47. The number of hydrogen-bond acceptors (Lipinski definition) is 6. The molecule has 1 saturated carbocycles. The summed E-state index contributed by atoms with van der Waals surface area (Å²) in [5, 5.41) is 0. The fourth-order valence-corrected chi connectivity index (χ4v) is 6.98. The van der Waals surface area contributed by atoms with Crippen molar-refractivity contribution in [1.82, 2.24) is 14.8 Å². The van der Waals surface area contributed by atoms with Gasteiger partial charge in [-0.15, -0.1) is 0 Å². The van der Waals surface area contributed by atoms with Crippen LogP contribution in [0.15, 0.2) is 42.5 Å². The van der Waals surface area contributed by atoms with Crippen LogP contribution >= 0.6 is 0 Å². The largest absolute Gasteiger partial charge is 0.473 e. The first-order valence-corrected chi connectivity index (χ1v) is 15.3. The summed E-state index contributed by atoms with van der Waals surface area (Å²) >= 11 is 0. The minimum Gasteiger partial charge on any atom is -0.473 e. The van der Waals surface area contributed by atoms with E-state index in [1.54, 1.807) is 0 Å². The number of ether oxygens (including phenoxy) is 3. The van der Waals surface area contributed by atoms with Gasteiger partial charge in [-0.25, -0.2) is 4.98 Å². The summed E-state index contributed by atoms with van der Waals surface area (Å²) in [4.78, 5) is 23.0. The Morgan fingerprint density at radius 1 is 1.05 bits per heavy atom. The summed E-state index contributed by atoms with van der Waals surface area (Å²) in [7, 11) is 4.32. The second kappa shape index (κ2) is 11.3. The van der Waals surface area contributed by atoms with Gasteiger partial charge in [-0.1, -0.05) is 30.3 Å². The Balaban J connectivity index is 1.22. The Kier molecular flexibility index (Phi) is 7.64. The molecule has 0 saturated heterocycles. The standard InChI is InChI=1S/C35H43N3O4/c1-22-18-23(2)36-33(40-21-25-10-8-7-9-11-25)29(22)20-38-17-16-26-19-30-32(24(3)31(26)34(38)39)42-35(4,41-30)27-12-14-28(15-13-27)37(5)6/h7-11,18-19,27-28H,12-17,20-21H2,1-6H3. The molecule has 3 aromatic rings. The van der Waals surface area contributed by atoms with Crippen molar-refractivity contribution in [1.29, 1.82) is 0 Å². The van der Waals surface area contributed by atoms with Crippen LogP contribution in [0.4, 0.5) is 0 Å². The number of nitrogens with zero attached hydrogens (tertiary/aromatic N) is 3. The number of carbonyl (C=O) groups is 1. The molecule has 222 valence electrons. The molecule has 1 aliphatic carbocycles. The van der Waals surface area contributed by atoms with Crippen molar-refractivity contribution in [2.75, 3.05) is 20.6 Å². The van der Waals surface area contributed by atoms with Crippen LogP contribution in [0.1, 0.15) is 76.5 Å². The molecule has 2 aliphatic heterocycles. The summed E-state index contributed by atoms with van der Waals surface area (Å²) in [5.41, 5.74) is 6.67. The molecular weight excluding hydrogens is 526 g/mol. The van der Waals surface area contributed by atoms with Crippen molar-refractivity contribution in [3.05, 3.63) is 81.5 Å². The number of carbonyl (C=O) groups excluding carboxylic acids is 1. The predicted octanol–water partition coefficient (Wildman–Crippen LogP) is 6.39. The maximum absolute atomic E-state index is 14.0. The number of pyridine rings is 1. The lowest BCUT2D eigenvalue weighted by Gasteiger charge is -2.39. The van der Waals surface area contributed by atoms with Crippen molar-refractivity contribution in [3.8, 4) is 17.4 Å². The Hall–Kier alpha value is -3.58. The van der Waals surface area contributed by atoms with Crippen LogP contribution in [-0.4, -0.2) is 53.2 Å². The number of benzene rings is 2. The average Bonchev–Trinajstić information content (AvgIpc) is 3.33. The van der Waals surface area contributed by atoms with Crippen molar-refractivity contribution >= 4 is 5.91 Å². The molecule has 1 amide bonds. The number of aromatic nitrogens is 1. The molecule has 1 atom stereocenters. The van der Waals surface area contributed by atoms with Crippen molar-refractivity contribution in [2.45, 2.75) is 84.8 Å². The summed E-state index contributed by atoms with van der Waals surface area (Å²) in [5.74, 6) is 1.73. The molecule has 6 rings (SSSR count). The predicted molar refractivity (Wildman–Crippen MR) is 163 cm³/mol. The normalized spacial score (nSPS) is 23.3. The summed E-state index contributed by atoms with van der Waals surface area (Å²) in [6.45, 7) is 9.62. The Morgan fingerprint density at radius 2 is 1.79 bits per heavy atom. The summed E-state index contributed by atoms with van der Waals surface area (Å²) in [6.07, 6.45) is 5.18. The first-order valence-electron chi connectivity index (χ1n) is 15.3. The lowest BCUT2D eigenvalue weighted by atomic mass is 9.81. The first-order chi connectivity index (χ1) is 20.1. The molecule has 7 nitrogen and oxygen atoms in total. The highest BCUT2D eigenvalue weighted by Crippen LogP contribution is 2.50. The molecule has 2 aromatic carbocycles. The zero-order valence-corrected chi connectivity index (χ0v) is 25.8. The fraction of sp³-hybridized carbons (Fsp3) is 0.486. The lowest BCUT2D eigenvalue weighted by molar-refractivity contribution is -0.123. The van der Waals surface area contributed by atoms with Crippen LogP contribution in [0.5, 0.6) is 17.4 Å². The monoisotopic (exact) mass is 569 g/mol.